The van der Waals surface area contributed by atoms with Gasteiger partial charge in [-0.3, -0.25) is 4.79 Å². The van der Waals surface area contributed by atoms with E-state index >= 15 is 0 Å². The molecule has 0 saturated heterocycles. The van der Waals surface area contributed by atoms with E-state index in [1.807, 2.05) is 6.07 Å². The number of esters is 1. The number of nitrogens with zero attached hydrogens (tertiary/aromatic N) is 2. The number of aromatic hydroxyl groups is 2. The lowest BCUT2D eigenvalue weighted by molar-refractivity contribution is -0.133. The van der Waals surface area contributed by atoms with Gasteiger partial charge in [0, 0.05) is 19.7 Å². The summed E-state index contributed by atoms with van der Waals surface area (Å²) in [4.78, 5) is 24.5. The van der Waals surface area contributed by atoms with Gasteiger partial charge >= 0.3 is 5.97 Å². The summed E-state index contributed by atoms with van der Waals surface area (Å²) in [5.74, 6) is -1.94. The van der Waals surface area contributed by atoms with Crippen molar-refractivity contribution in [3.05, 3.63) is 23.8 Å². The van der Waals surface area contributed by atoms with Gasteiger partial charge in [-0.25, -0.2) is 4.79 Å². The number of hydrogen-bond donors (Lipinski definition) is 2. The van der Waals surface area contributed by atoms with Crippen LogP contribution in [0.1, 0.15) is 16.8 Å². The third kappa shape index (κ3) is 4.17. The van der Waals surface area contributed by atoms with Crippen LogP contribution in [0.5, 0.6) is 11.5 Å². The zero-order valence-corrected chi connectivity index (χ0v) is 10.9. The Kier molecular flexibility index (Phi) is 5.35. The molecule has 0 unspecified atom stereocenters. The lowest BCUT2D eigenvalue weighted by Crippen LogP contribution is -2.31. The fraction of sp³-hybridized carbons (Fsp3) is 0.308. The fourth-order valence-corrected chi connectivity index (χ4v) is 1.35. The number of phenols is 2. The largest absolute Gasteiger partial charge is 0.508 e. The normalized spacial score (nSPS) is 9.60. The molecule has 1 aromatic rings. The van der Waals surface area contributed by atoms with Crippen LogP contribution in [0.25, 0.3) is 0 Å². The lowest BCUT2D eigenvalue weighted by atomic mass is 10.2. The summed E-state index contributed by atoms with van der Waals surface area (Å²) in [7, 11) is 1.49. The summed E-state index contributed by atoms with van der Waals surface area (Å²) < 4.78 is 4.76. The SMILES string of the molecule is CN(CCC#N)C(=O)COC(=O)c1ccc(O)cc1O. The van der Waals surface area contributed by atoms with Crippen LogP contribution in [0.3, 0.4) is 0 Å². The van der Waals surface area contributed by atoms with Crippen molar-refractivity contribution in [2.45, 2.75) is 6.42 Å². The molecule has 20 heavy (non-hydrogen) atoms. The van der Waals surface area contributed by atoms with Gasteiger partial charge in [-0.05, 0) is 12.1 Å². The molecule has 1 rings (SSSR count). The van der Waals surface area contributed by atoms with E-state index in [1.165, 1.54) is 24.1 Å². The minimum atomic E-state index is -0.871. The van der Waals surface area contributed by atoms with Gasteiger partial charge < -0.3 is 19.8 Å². The van der Waals surface area contributed by atoms with Gasteiger partial charge in [-0.15, -0.1) is 0 Å². The Hall–Kier alpha value is -2.75. The Morgan fingerprint density at radius 2 is 2.10 bits per heavy atom. The van der Waals surface area contributed by atoms with Crippen LogP contribution in [0.15, 0.2) is 18.2 Å². The Morgan fingerprint density at radius 3 is 2.70 bits per heavy atom. The highest BCUT2D eigenvalue weighted by Gasteiger charge is 2.16. The number of rotatable bonds is 5. The number of likely N-dealkylation sites (N-methyl/N-ethyl adjacent to an activating group) is 1. The number of phenolic OH excluding ortho intramolecular Hbond substituents is 2. The second-order valence-electron chi connectivity index (χ2n) is 4.00. The zero-order valence-electron chi connectivity index (χ0n) is 10.9. The Balaban J connectivity index is 2.55. The first-order valence-electron chi connectivity index (χ1n) is 5.75. The quantitative estimate of drug-likeness (QED) is 0.764. The van der Waals surface area contributed by atoms with Crippen LogP contribution >= 0.6 is 0 Å². The van der Waals surface area contributed by atoms with Gasteiger partial charge in [-0.1, -0.05) is 0 Å². The molecule has 0 heterocycles. The molecule has 0 aliphatic rings. The smallest absolute Gasteiger partial charge is 0.342 e. The third-order valence-corrected chi connectivity index (χ3v) is 2.51. The van der Waals surface area contributed by atoms with Crippen molar-refractivity contribution in [3.63, 3.8) is 0 Å². The van der Waals surface area contributed by atoms with Gasteiger partial charge in [0.2, 0.25) is 0 Å². The Morgan fingerprint density at radius 1 is 1.40 bits per heavy atom. The summed E-state index contributed by atoms with van der Waals surface area (Å²) >= 11 is 0. The van der Waals surface area contributed by atoms with E-state index in [1.54, 1.807) is 0 Å². The van der Waals surface area contributed by atoms with E-state index in [9.17, 15) is 14.7 Å². The van der Waals surface area contributed by atoms with Crippen molar-refractivity contribution in [2.24, 2.45) is 0 Å². The average Bonchev–Trinajstić information content (AvgIpc) is 2.41. The summed E-state index contributed by atoms with van der Waals surface area (Å²) in [5.41, 5.74) is -0.143. The fourth-order valence-electron chi connectivity index (χ4n) is 1.35. The number of carbonyl (C=O) groups is 2. The van der Waals surface area contributed by atoms with Gasteiger partial charge in [0.05, 0.1) is 12.5 Å². The monoisotopic (exact) mass is 278 g/mol. The summed E-state index contributed by atoms with van der Waals surface area (Å²) in [6.07, 6.45) is 0.189. The van der Waals surface area contributed by atoms with Crippen LogP contribution in [-0.4, -0.2) is 47.2 Å². The summed E-state index contributed by atoms with van der Waals surface area (Å²) in [6.45, 7) is -0.238. The minimum Gasteiger partial charge on any atom is -0.508 e. The number of hydrogen-bond acceptors (Lipinski definition) is 6. The third-order valence-electron chi connectivity index (χ3n) is 2.51. The predicted octanol–water partition coefficient (Wildman–Crippen LogP) is 0.627. The molecular formula is C13H14N2O5. The Bertz CT molecular complexity index is 550. The molecule has 0 aliphatic heterocycles. The molecule has 7 nitrogen and oxygen atoms in total. The molecule has 7 heteroatoms. The maximum Gasteiger partial charge on any atom is 0.342 e. The van der Waals surface area contributed by atoms with E-state index in [4.69, 9.17) is 15.1 Å². The minimum absolute atomic E-state index is 0.143. The van der Waals surface area contributed by atoms with Crippen molar-refractivity contribution < 1.29 is 24.5 Å². The molecular weight excluding hydrogens is 264 g/mol. The zero-order chi connectivity index (χ0) is 15.1. The maximum atomic E-state index is 11.6. The maximum absolute atomic E-state index is 11.6. The lowest BCUT2D eigenvalue weighted by Gasteiger charge is -2.15. The molecule has 0 radical (unpaired) electrons. The number of carbonyl (C=O) groups excluding carboxylic acids is 2. The number of nitriles is 1. The van der Waals surface area contributed by atoms with Crippen molar-refractivity contribution in [1.82, 2.24) is 4.90 Å². The van der Waals surface area contributed by atoms with Crippen molar-refractivity contribution >= 4 is 11.9 Å². The molecule has 1 amide bonds. The average molecular weight is 278 g/mol. The van der Waals surface area contributed by atoms with E-state index in [0.717, 1.165) is 6.07 Å². The van der Waals surface area contributed by atoms with E-state index < -0.39 is 24.2 Å². The molecule has 1 aromatic carbocycles. The topological polar surface area (TPSA) is 111 Å². The highest BCUT2D eigenvalue weighted by Crippen LogP contribution is 2.23. The molecule has 2 N–H and O–H groups in total. The van der Waals surface area contributed by atoms with Crippen molar-refractivity contribution in [1.29, 1.82) is 5.26 Å². The van der Waals surface area contributed by atoms with Crippen molar-refractivity contribution in [2.75, 3.05) is 20.2 Å². The Labute approximate surface area is 115 Å². The molecule has 0 saturated carbocycles. The van der Waals surface area contributed by atoms with E-state index in [0.29, 0.717) is 0 Å². The van der Waals surface area contributed by atoms with Crippen molar-refractivity contribution in [3.8, 4) is 17.6 Å². The highest BCUT2D eigenvalue weighted by atomic mass is 16.5. The second kappa shape index (κ2) is 6.99. The molecule has 0 aliphatic carbocycles. The van der Waals surface area contributed by atoms with Crippen LogP contribution in [0.2, 0.25) is 0 Å². The second-order valence-corrected chi connectivity index (χ2v) is 4.00. The van der Waals surface area contributed by atoms with Gasteiger partial charge in [0.1, 0.15) is 17.1 Å². The first-order valence-corrected chi connectivity index (χ1v) is 5.75. The number of amides is 1. The predicted molar refractivity (Wildman–Crippen MR) is 67.9 cm³/mol. The highest BCUT2D eigenvalue weighted by molar-refractivity contribution is 5.94. The number of ether oxygens (including phenoxy) is 1. The van der Waals surface area contributed by atoms with Crippen LogP contribution < -0.4 is 0 Å². The summed E-state index contributed by atoms with van der Waals surface area (Å²) in [5, 5.41) is 26.9. The standard InChI is InChI=1S/C13H14N2O5/c1-15(6-2-5-14)12(18)8-20-13(19)10-4-3-9(16)7-11(10)17/h3-4,7,16-17H,2,6,8H2,1H3. The van der Waals surface area contributed by atoms with Gasteiger partial charge in [0.15, 0.2) is 6.61 Å². The van der Waals surface area contributed by atoms with E-state index in [-0.39, 0.29) is 24.3 Å². The molecule has 0 atom stereocenters. The summed E-state index contributed by atoms with van der Waals surface area (Å²) in [6, 6.07) is 5.31. The van der Waals surface area contributed by atoms with Gasteiger partial charge in [-0.2, -0.15) is 5.26 Å². The molecule has 0 aromatic heterocycles. The molecule has 0 fully saturated rings. The van der Waals surface area contributed by atoms with Crippen LogP contribution in [-0.2, 0) is 9.53 Å². The van der Waals surface area contributed by atoms with E-state index in [2.05, 4.69) is 0 Å². The number of benzene rings is 1. The first kappa shape index (κ1) is 15.3. The molecule has 0 spiro atoms. The molecule has 106 valence electrons. The first-order chi connectivity index (χ1) is 9.45. The van der Waals surface area contributed by atoms with Gasteiger partial charge in [0.25, 0.3) is 5.91 Å². The molecule has 0 bridgehead atoms. The van der Waals surface area contributed by atoms with Crippen LogP contribution in [0.4, 0.5) is 0 Å². The van der Waals surface area contributed by atoms with Crippen LogP contribution in [0, 0.1) is 11.3 Å².